The van der Waals surface area contributed by atoms with Crippen LogP contribution in [0.4, 0.5) is 0 Å². The van der Waals surface area contributed by atoms with Crippen LogP contribution in [0.3, 0.4) is 0 Å². The Bertz CT molecular complexity index is 521. The van der Waals surface area contributed by atoms with Crippen LogP contribution in [-0.4, -0.2) is 16.9 Å². The summed E-state index contributed by atoms with van der Waals surface area (Å²) in [7, 11) is 0. The summed E-state index contributed by atoms with van der Waals surface area (Å²) < 4.78 is 1.03. The molecule has 0 fully saturated rings. The number of carbonyl (C=O) groups is 2. The lowest BCUT2D eigenvalue weighted by Gasteiger charge is -1.97. The van der Waals surface area contributed by atoms with Gasteiger partial charge in [-0.2, -0.15) is 0 Å². The van der Waals surface area contributed by atoms with E-state index in [0.717, 1.165) is 10.0 Å². The molecule has 4 nitrogen and oxygen atoms in total. The Hall–Kier alpha value is -1.72. The number of nitrogens with one attached hydrogen (secondary N) is 1. The van der Waals surface area contributed by atoms with Crippen molar-refractivity contribution in [1.82, 2.24) is 5.48 Å². The second-order valence-electron chi connectivity index (χ2n) is 4.48. The van der Waals surface area contributed by atoms with Crippen LogP contribution in [0, 0.1) is 0 Å². The number of allylic oxidation sites excluding steroid dienone is 3. The molecule has 0 heterocycles. The number of unbranched alkanes of at least 4 members (excludes halogenated alkanes) is 1. The highest BCUT2D eigenvalue weighted by Crippen LogP contribution is 2.11. The summed E-state index contributed by atoms with van der Waals surface area (Å²) in [6.45, 7) is 0. The fraction of sp³-hybridized carbons (Fsp3) is 0.250. The summed E-state index contributed by atoms with van der Waals surface area (Å²) in [5.74, 6) is -0.393. The molecule has 0 spiro atoms. The minimum atomic E-state index is -0.421. The Kier molecular flexibility index (Phi) is 8.31. The van der Waals surface area contributed by atoms with E-state index in [4.69, 9.17) is 5.21 Å². The minimum absolute atomic E-state index is 0.0277. The highest BCUT2D eigenvalue weighted by atomic mass is 79.9. The van der Waals surface area contributed by atoms with Gasteiger partial charge in [0.15, 0.2) is 5.78 Å². The molecule has 0 aliphatic carbocycles. The van der Waals surface area contributed by atoms with E-state index < -0.39 is 5.91 Å². The summed E-state index contributed by atoms with van der Waals surface area (Å²) >= 11 is 3.37. The topological polar surface area (TPSA) is 66.4 Å². The van der Waals surface area contributed by atoms with Crippen molar-refractivity contribution in [2.24, 2.45) is 0 Å². The maximum Gasteiger partial charge on any atom is 0.243 e. The minimum Gasteiger partial charge on any atom is -0.295 e. The lowest BCUT2D eigenvalue weighted by Crippen LogP contribution is -2.17. The molecule has 1 aromatic carbocycles. The fourth-order valence-electron chi connectivity index (χ4n) is 1.63. The number of ketones is 1. The molecule has 5 heteroatoms. The Balaban J connectivity index is 2.24. The van der Waals surface area contributed by atoms with Crippen molar-refractivity contribution in [2.45, 2.75) is 25.7 Å². The van der Waals surface area contributed by atoms with Gasteiger partial charge < -0.3 is 0 Å². The van der Waals surface area contributed by atoms with Gasteiger partial charge in [0, 0.05) is 17.3 Å². The molecule has 1 amide bonds. The third kappa shape index (κ3) is 8.22. The summed E-state index contributed by atoms with van der Waals surface area (Å²) in [5.41, 5.74) is 2.62. The number of amides is 1. The number of carbonyl (C=O) groups excluding carboxylic acids is 2. The smallest absolute Gasteiger partial charge is 0.243 e. The van der Waals surface area contributed by atoms with Crippen LogP contribution in [0.5, 0.6) is 0 Å². The highest BCUT2D eigenvalue weighted by molar-refractivity contribution is 9.10. The largest absolute Gasteiger partial charge is 0.295 e. The molecule has 112 valence electrons. The maximum absolute atomic E-state index is 11.5. The van der Waals surface area contributed by atoms with Gasteiger partial charge in [0.2, 0.25) is 5.91 Å². The van der Waals surface area contributed by atoms with E-state index in [1.165, 1.54) is 6.08 Å². The predicted octanol–water partition coefficient (Wildman–Crippen LogP) is 3.65. The summed E-state index contributed by atoms with van der Waals surface area (Å²) in [5, 5.41) is 8.31. The van der Waals surface area contributed by atoms with E-state index in [0.29, 0.717) is 19.3 Å². The molecule has 2 N–H and O–H groups in total. The molecule has 0 aromatic heterocycles. The van der Waals surface area contributed by atoms with Crippen molar-refractivity contribution in [1.29, 1.82) is 0 Å². The number of hydroxylamine groups is 1. The lowest BCUT2D eigenvalue weighted by atomic mass is 10.1. The van der Waals surface area contributed by atoms with Gasteiger partial charge in [0.1, 0.15) is 0 Å². The van der Waals surface area contributed by atoms with Crippen LogP contribution in [-0.2, 0) is 9.59 Å². The number of hydrogen-bond donors (Lipinski definition) is 2. The van der Waals surface area contributed by atoms with Crippen LogP contribution in [0.1, 0.15) is 31.2 Å². The number of hydrogen-bond acceptors (Lipinski definition) is 3. The average molecular weight is 352 g/mol. The van der Waals surface area contributed by atoms with Crippen molar-refractivity contribution >= 4 is 33.7 Å². The van der Waals surface area contributed by atoms with Gasteiger partial charge in [0.05, 0.1) is 0 Å². The quantitative estimate of drug-likeness (QED) is 0.247. The van der Waals surface area contributed by atoms with Gasteiger partial charge in [-0.15, -0.1) is 0 Å². The summed E-state index contributed by atoms with van der Waals surface area (Å²) in [6, 6.07) is 7.86. The first-order chi connectivity index (χ1) is 10.1. The van der Waals surface area contributed by atoms with Crippen LogP contribution >= 0.6 is 15.9 Å². The summed E-state index contributed by atoms with van der Waals surface area (Å²) in [6.07, 6.45) is 8.83. The zero-order chi connectivity index (χ0) is 15.5. The first kappa shape index (κ1) is 17.3. The molecule has 0 saturated carbocycles. The molecule has 21 heavy (non-hydrogen) atoms. The number of halogens is 1. The van der Waals surface area contributed by atoms with Crippen molar-refractivity contribution in [3.8, 4) is 0 Å². The second-order valence-corrected chi connectivity index (χ2v) is 5.39. The van der Waals surface area contributed by atoms with Crippen LogP contribution in [0.25, 0.3) is 6.08 Å². The van der Waals surface area contributed by atoms with Crippen molar-refractivity contribution in [2.75, 3.05) is 0 Å². The Morgan fingerprint density at radius 1 is 1.10 bits per heavy atom. The molecule has 1 aromatic rings. The van der Waals surface area contributed by atoms with E-state index in [9.17, 15) is 9.59 Å². The number of rotatable bonds is 8. The molecular weight excluding hydrogens is 334 g/mol. The van der Waals surface area contributed by atoms with Gasteiger partial charge in [-0.05, 0) is 36.6 Å². The molecule has 1 rings (SSSR count). The van der Waals surface area contributed by atoms with Crippen molar-refractivity contribution in [3.05, 3.63) is 52.5 Å². The molecule has 0 aliphatic heterocycles. The molecule has 0 atom stereocenters. The molecular formula is C16H18BrNO3. The summed E-state index contributed by atoms with van der Waals surface area (Å²) in [4.78, 5) is 22.3. The van der Waals surface area contributed by atoms with Crippen molar-refractivity contribution in [3.63, 3.8) is 0 Å². The Labute approximate surface area is 132 Å². The monoisotopic (exact) mass is 351 g/mol. The van der Waals surface area contributed by atoms with Crippen LogP contribution < -0.4 is 5.48 Å². The Morgan fingerprint density at radius 2 is 1.76 bits per heavy atom. The normalized spacial score (nSPS) is 11.1. The molecule has 0 saturated heterocycles. The SMILES string of the molecule is O=C(/C=C\C=C\c1ccc(Br)cc1)CCCCC(=O)NO. The third-order valence-corrected chi connectivity index (χ3v) is 3.28. The molecule has 0 aliphatic rings. The van der Waals surface area contributed by atoms with Crippen molar-refractivity contribution < 1.29 is 14.8 Å². The van der Waals surface area contributed by atoms with Gasteiger partial charge in [0.25, 0.3) is 0 Å². The van der Waals surface area contributed by atoms with Gasteiger partial charge in [-0.1, -0.05) is 46.3 Å². The third-order valence-electron chi connectivity index (χ3n) is 2.75. The van der Waals surface area contributed by atoms with Gasteiger partial charge >= 0.3 is 0 Å². The molecule has 0 radical (unpaired) electrons. The first-order valence-corrected chi connectivity index (χ1v) is 7.47. The lowest BCUT2D eigenvalue weighted by molar-refractivity contribution is -0.129. The average Bonchev–Trinajstić information content (AvgIpc) is 2.49. The van der Waals surface area contributed by atoms with Gasteiger partial charge in [-0.25, -0.2) is 5.48 Å². The second kappa shape index (κ2) is 10.1. The molecule has 0 unspecified atom stereocenters. The maximum atomic E-state index is 11.5. The molecule has 0 bridgehead atoms. The van der Waals surface area contributed by atoms with Crippen LogP contribution in [0.2, 0.25) is 0 Å². The van der Waals surface area contributed by atoms with Gasteiger partial charge in [-0.3, -0.25) is 14.8 Å². The standard InChI is InChI=1S/C16H18BrNO3/c17-14-11-9-13(10-12-14)5-1-2-6-15(19)7-3-4-8-16(20)18-21/h1-2,5-6,9-12,21H,3-4,7-8H2,(H,18,20)/b5-1+,6-2-. The first-order valence-electron chi connectivity index (χ1n) is 6.68. The van der Waals surface area contributed by atoms with E-state index in [2.05, 4.69) is 15.9 Å². The van der Waals surface area contributed by atoms with E-state index in [-0.39, 0.29) is 12.2 Å². The Morgan fingerprint density at radius 3 is 2.43 bits per heavy atom. The predicted molar refractivity (Wildman–Crippen MR) is 85.7 cm³/mol. The number of benzene rings is 1. The zero-order valence-corrected chi connectivity index (χ0v) is 13.2. The fourth-order valence-corrected chi connectivity index (χ4v) is 1.89. The van der Waals surface area contributed by atoms with E-state index in [1.54, 1.807) is 11.6 Å². The van der Waals surface area contributed by atoms with E-state index >= 15 is 0 Å². The van der Waals surface area contributed by atoms with Crippen LogP contribution in [0.15, 0.2) is 47.0 Å². The van der Waals surface area contributed by atoms with E-state index in [1.807, 2.05) is 36.4 Å². The zero-order valence-electron chi connectivity index (χ0n) is 11.6. The highest BCUT2D eigenvalue weighted by Gasteiger charge is 2.00.